The van der Waals surface area contributed by atoms with Crippen LogP contribution < -0.4 is 11.1 Å². The zero-order valence-electron chi connectivity index (χ0n) is 16.0. The fraction of sp³-hybridized carbons (Fsp3) is 0.286. The van der Waals surface area contributed by atoms with Gasteiger partial charge in [-0.3, -0.25) is 4.90 Å². The largest absolute Gasteiger partial charge is 0.382 e. The molecule has 3 aromatic heterocycles. The number of rotatable bonds is 5. The molecular weight excluding hydrogens is 384 g/mol. The van der Waals surface area contributed by atoms with Crippen molar-refractivity contribution in [3.8, 4) is 11.1 Å². The monoisotopic (exact) mass is 406 g/mol. The lowest BCUT2D eigenvalue weighted by atomic mass is 10.1. The number of hydrogen-bond donors (Lipinski definition) is 2. The summed E-state index contributed by atoms with van der Waals surface area (Å²) in [6, 6.07) is 10.5. The van der Waals surface area contributed by atoms with Crippen LogP contribution in [0.2, 0.25) is 0 Å². The van der Waals surface area contributed by atoms with E-state index < -0.39 is 0 Å². The van der Waals surface area contributed by atoms with Gasteiger partial charge in [0.1, 0.15) is 18.0 Å². The lowest BCUT2D eigenvalue weighted by Crippen LogP contribution is -2.39. The van der Waals surface area contributed by atoms with Gasteiger partial charge < -0.3 is 15.8 Å². The lowest BCUT2D eigenvalue weighted by molar-refractivity contribution is 0.0398. The predicted molar refractivity (Wildman–Crippen MR) is 118 cm³/mol. The molecule has 0 bridgehead atoms. The number of thiophene rings is 1. The van der Waals surface area contributed by atoms with Crippen molar-refractivity contribution in [2.45, 2.75) is 0 Å². The van der Waals surface area contributed by atoms with Crippen molar-refractivity contribution < 1.29 is 4.74 Å². The molecule has 4 aromatic rings. The van der Waals surface area contributed by atoms with E-state index in [1.165, 1.54) is 6.33 Å². The van der Waals surface area contributed by atoms with Crippen LogP contribution in [0.1, 0.15) is 0 Å². The number of morpholine rings is 1. The third-order valence-corrected chi connectivity index (χ3v) is 6.38. The standard InChI is InChI=1S/C21H22N6OS/c22-21-20-19(25-13-26-21)16-3-1-14(11-17(16)29-20)15-2-4-18(24-12-15)23-5-6-27-7-9-28-10-8-27/h1-4,11-13H,5-10H2,(H,23,24)(H2,22,25,26). The van der Waals surface area contributed by atoms with Gasteiger partial charge in [0.2, 0.25) is 0 Å². The van der Waals surface area contributed by atoms with Crippen molar-refractivity contribution >= 4 is 43.3 Å². The van der Waals surface area contributed by atoms with Gasteiger partial charge in [-0.1, -0.05) is 12.1 Å². The Morgan fingerprint density at radius 2 is 1.93 bits per heavy atom. The Hall–Kier alpha value is -2.81. The maximum atomic E-state index is 6.01. The highest BCUT2D eigenvalue weighted by atomic mass is 32.1. The Kier molecular flexibility index (Phi) is 4.97. The third kappa shape index (κ3) is 3.74. The average Bonchev–Trinajstić information content (AvgIpc) is 3.14. The number of aromatic nitrogens is 3. The smallest absolute Gasteiger partial charge is 0.144 e. The number of pyridine rings is 1. The van der Waals surface area contributed by atoms with Crippen LogP contribution in [0.25, 0.3) is 31.4 Å². The molecule has 0 unspecified atom stereocenters. The molecule has 3 N–H and O–H groups in total. The lowest BCUT2D eigenvalue weighted by Gasteiger charge is -2.26. The first-order valence-electron chi connectivity index (χ1n) is 9.71. The van der Waals surface area contributed by atoms with Gasteiger partial charge in [-0.05, 0) is 23.8 Å². The van der Waals surface area contributed by atoms with E-state index in [0.29, 0.717) is 5.82 Å². The summed E-state index contributed by atoms with van der Waals surface area (Å²) in [7, 11) is 0. The molecular formula is C21H22N6OS. The second-order valence-electron chi connectivity index (χ2n) is 7.06. The van der Waals surface area contributed by atoms with Gasteiger partial charge in [0, 0.05) is 48.0 Å². The molecule has 8 heteroatoms. The van der Waals surface area contributed by atoms with E-state index in [1.807, 2.05) is 12.3 Å². The summed E-state index contributed by atoms with van der Waals surface area (Å²) in [6.45, 7) is 5.55. The van der Waals surface area contributed by atoms with Crippen molar-refractivity contribution in [3.05, 3.63) is 42.9 Å². The first kappa shape index (κ1) is 18.2. The van der Waals surface area contributed by atoms with Crippen molar-refractivity contribution in [1.82, 2.24) is 19.9 Å². The Morgan fingerprint density at radius 3 is 2.76 bits per heavy atom. The maximum absolute atomic E-state index is 6.01. The number of anilines is 2. The van der Waals surface area contributed by atoms with Crippen LogP contribution >= 0.6 is 11.3 Å². The molecule has 1 saturated heterocycles. The number of hydrogen-bond acceptors (Lipinski definition) is 8. The van der Waals surface area contributed by atoms with Gasteiger partial charge in [0.15, 0.2) is 0 Å². The SMILES string of the molecule is Nc1ncnc2c1sc1cc(-c3ccc(NCCN4CCOCC4)nc3)ccc12. The number of nitrogens with one attached hydrogen (secondary N) is 1. The van der Waals surface area contributed by atoms with E-state index in [1.54, 1.807) is 11.3 Å². The molecule has 29 heavy (non-hydrogen) atoms. The van der Waals surface area contributed by atoms with Gasteiger partial charge >= 0.3 is 0 Å². The number of benzene rings is 1. The van der Waals surface area contributed by atoms with Crippen LogP contribution in [0.15, 0.2) is 42.9 Å². The Morgan fingerprint density at radius 1 is 1.07 bits per heavy atom. The molecule has 148 valence electrons. The second-order valence-corrected chi connectivity index (χ2v) is 8.11. The summed E-state index contributed by atoms with van der Waals surface area (Å²) in [5, 5.41) is 4.51. The first-order valence-corrected chi connectivity index (χ1v) is 10.5. The molecule has 4 heterocycles. The maximum Gasteiger partial charge on any atom is 0.144 e. The first-order chi connectivity index (χ1) is 14.3. The van der Waals surface area contributed by atoms with Gasteiger partial charge in [0.05, 0.1) is 23.4 Å². The molecule has 0 aliphatic carbocycles. The van der Waals surface area contributed by atoms with Crippen LogP contribution in [-0.2, 0) is 4.74 Å². The predicted octanol–water partition coefficient (Wildman–Crippen LogP) is 3.23. The van der Waals surface area contributed by atoms with E-state index in [2.05, 4.69) is 49.4 Å². The van der Waals surface area contributed by atoms with Crippen molar-refractivity contribution in [1.29, 1.82) is 0 Å². The summed E-state index contributed by atoms with van der Waals surface area (Å²) in [5.74, 6) is 1.43. The van der Waals surface area contributed by atoms with E-state index in [-0.39, 0.29) is 0 Å². The number of fused-ring (bicyclic) bond motifs is 3. The van der Waals surface area contributed by atoms with Crippen LogP contribution in [0.3, 0.4) is 0 Å². The molecule has 0 radical (unpaired) electrons. The molecule has 0 saturated carbocycles. The number of nitrogen functional groups attached to an aromatic ring is 1. The summed E-state index contributed by atoms with van der Waals surface area (Å²) < 4.78 is 7.48. The number of nitrogens with two attached hydrogens (primary N) is 1. The quantitative estimate of drug-likeness (QED) is 0.526. The Bertz CT molecular complexity index is 1140. The summed E-state index contributed by atoms with van der Waals surface area (Å²) in [5.41, 5.74) is 9.14. The normalized spacial score (nSPS) is 15.2. The van der Waals surface area contributed by atoms with Crippen LogP contribution in [0.5, 0.6) is 0 Å². The molecule has 0 atom stereocenters. The van der Waals surface area contributed by atoms with Crippen LogP contribution in [-0.4, -0.2) is 59.2 Å². The highest BCUT2D eigenvalue weighted by molar-refractivity contribution is 7.26. The molecule has 1 aliphatic rings. The van der Waals surface area contributed by atoms with Crippen molar-refractivity contribution in [3.63, 3.8) is 0 Å². The van der Waals surface area contributed by atoms with E-state index in [0.717, 1.165) is 76.6 Å². The molecule has 1 aliphatic heterocycles. The van der Waals surface area contributed by atoms with Crippen LogP contribution in [0, 0.1) is 0 Å². The second kappa shape index (κ2) is 7.90. The van der Waals surface area contributed by atoms with Crippen molar-refractivity contribution in [2.75, 3.05) is 50.4 Å². The molecule has 7 nitrogen and oxygen atoms in total. The number of nitrogens with zero attached hydrogens (tertiary/aromatic N) is 4. The fourth-order valence-corrected chi connectivity index (χ4v) is 4.70. The molecule has 1 aromatic carbocycles. The molecule has 0 amide bonds. The van der Waals surface area contributed by atoms with Gasteiger partial charge in [-0.15, -0.1) is 11.3 Å². The molecule has 5 rings (SSSR count). The fourth-order valence-electron chi connectivity index (χ4n) is 3.61. The minimum atomic E-state index is 0.534. The highest BCUT2D eigenvalue weighted by Gasteiger charge is 2.11. The van der Waals surface area contributed by atoms with Gasteiger partial charge in [-0.25, -0.2) is 15.0 Å². The van der Waals surface area contributed by atoms with Gasteiger partial charge in [0.25, 0.3) is 0 Å². The van der Waals surface area contributed by atoms with E-state index >= 15 is 0 Å². The topological polar surface area (TPSA) is 89.2 Å². The molecule has 1 fully saturated rings. The minimum Gasteiger partial charge on any atom is -0.382 e. The Balaban J connectivity index is 1.31. The summed E-state index contributed by atoms with van der Waals surface area (Å²) in [6.07, 6.45) is 3.44. The van der Waals surface area contributed by atoms with Crippen LogP contribution in [0.4, 0.5) is 11.6 Å². The zero-order valence-corrected chi connectivity index (χ0v) is 16.8. The summed E-state index contributed by atoms with van der Waals surface area (Å²) in [4.78, 5) is 15.5. The van der Waals surface area contributed by atoms with Crippen molar-refractivity contribution in [2.24, 2.45) is 0 Å². The number of ether oxygens (including phenoxy) is 1. The highest BCUT2D eigenvalue weighted by Crippen LogP contribution is 2.36. The minimum absolute atomic E-state index is 0.534. The zero-order chi connectivity index (χ0) is 19.6. The summed E-state index contributed by atoms with van der Waals surface area (Å²) >= 11 is 1.63. The third-order valence-electron chi connectivity index (χ3n) is 5.21. The van der Waals surface area contributed by atoms with E-state index in [4.69, 9.17) is 10.5 Å². The van der Waals surface area contributed by atoms with E-state index in [9.17, 15) is 0 Å². The average molecular weight is 407 g/mol. The molecule has 0 spiro atoms. The Labute approximate surface area is 172 Å². The van der Waals surface area contributed by atoms with Gasteiger partial charge in [-0.2, -0.15) is 0 Å².